The average molecular weight is 366 g/mol. The molecular formula is C17H27N5O2S. The van der Waals surface area contributed by atoms with Crippen LogP contribution in [-0.4, -0.2) is 72.6 Å². The zero-order valence-corrected chi connectivity index (χ0v) is 16.1. The van der Waals surface area contributed by atoms with E-state index in [-0.39, 0.29) is 12.0 Å². The second kappa shape index (κ2) is 8.14. The number of guanidine groups is 1. The summed E-state index contributed by atoms with van der Waals surface area (Å²) in [7, 11) is 1.80. The topological polar surface area (TPSA) is 70.1 Å². The highest BCUT2D eigenvalue weighted by molar-refractivity contribution is 7.11. The lowest BCUT2D eigenvalue weighted by molar-refractivity contribution is -0.142. The second-order valence-electron chi connectivity index (χ2n) is 6.46. The fraction of sp³-hybridized carbons (Fsp3) is 0.706. The van der Waals surface area contributed by atoms with Crippen molar-refractivity contribution in [2.45, 2.75) is 39.3 Å². The van der Waals surface area contributed by atoms with Gasteiger partial charge in [-0.3, -0.25) is 9.79 Å². The molecule has 2 aliphatic rings. The van der Waals surface area contributed by atoms with E-state index in [1.165, 1.54) is 4.88 Å². The van der Waals surface area contributed by atoms with Gasteiger partial charge in [0.05, 0.1) is 12.2 Å². The lowest BCUT2D eigenvalue weighted by Gasteiger charge is -2.37. The van der Waals surface area contributed by atoms with Crippen LogP contribution in [0.1, 0.15) is 28.4 Å². The van der Waals surface area contributed by atoms with E-state index in [2.05, 4.69) is 27.1 Å². The SMILES string of the molecule is CN=C(NCc1nc(C)c(C)s1)N1CCN(C(=O)C2CCCO2)CC1. The molecule has 0 bridgehead atoms. The van der Waals surface area contributed by atoms with Crippen LogP contribution in [0.5, 0.6) is 0 Å². The molecule has 1 aromatic heterocycles. The summed E-state index contributed by atoms with van der Waals surface area (Å²) < 4.78 is 5.52. The monoisotopic (exact) mass is 365 g/mol. The van der Waals surface area contributed by atoms with Crippen LogP contribution in [-0.2, 0) is 16.1 Å². The van der Waals surface area contributed by atoms with Crippen LogP contribution in [0.2, 0.25) is 0 Å². The number of piperazine rings is 1. The molecule has 0 radical (unpaired) electrons. The number of carbonyl (C=O) groups excluding carboxylic acids is 1. The number of ether oxygens (including phenoxy) is 1. The first-order chi connectivity index (χ1) is 12.1. The molecule has 25 heavy (non-hydrogen) atoms. The van der Waals surface area contributed by atoms with Gasteiger partial charge in [0.2, 0.25) is 0 Å². The van der Waals surface area contributed by atoms with Crippen molar-refractivity contribution in [1.29, 1.82) is 0 Å². The first-order valence-electron chi connectivity index (χ1n) is 8.87. The van der Waals surface area contributed by atoms with E-state index in [9.17, 15) is 4.79 Å². The Morgan fingerprint density at radius 3 is 2.60 bits per heavy atom. The molecule has 1 atom stereocenters. The van der Waals surface area contributed by atoms with E-state index in [0.717, 1.165) is 55.7 Å². The molecule has 3 rings (SSSR count). The molecule has 138 valence electrons. The van der Waals surface area contributed by atoms with Gasteiger partial charge in [0, 0.05) is 44.7 Å². The van der Waals surface area contributed by atoms with Gasteiger partial charge in [-0.25, -0.2) is 4.98 Å². The van der Waals surface area contributed by atoms with Gasteiger partial charge in [-0.2, -0.15) is 0 Å². The van der Waals surface area contributed by atoms with Crippen LogP contribution in [0.4, 0.5) is 0 Å². The Balaban J connectivity index is 1.49. The van der Waals surface area contributed by atoms with Crippen LogP contribution in [0.25, 0.3) is 0 Å². The summed E-state index contributed by atoms with van der Waals surface area (Å²) in [6.07, 6.45) is 1.62. The van der Waals surface area contributed by atoms with E-state index >= 15 is 0 Å². The molecule has 3 heterocycles. The molecule has 1 N–H and O–H groups in total. The van der Waals surface area contributed by atoms with Crippen LogP contribution in [0.15, 0.2) is 4.99 Å². The third kappa shape index (κ3) is 4.30. The van der Waals surface area contributed by atoms with Crippen molar-refractivity contribution < 1.29 is 9.53 Å². The predicted molar refractivity (Wildman–Crippen MR) is 98.9 cm³/mol. The Hall–Kier alpha value is -1.67. The van der Waals surface area contributed by atoms with Crippen molar-refractivity contribution in [3.63, 3.8) is 0 Å². The number of hydrogen-bond acceptors (Lipinski definition) is 5. The Bertz CT molecular complexity index is 611. The number of aromatic nitrogens is 1. The molecule has 0 aromatic carbocycles. The van der Waals surface area contributed by atoms with Gasteiger partial charge in [0.25, 0.3) is 5.91 Å². The smallest absolute Gasteiger partial charge is 0.251 e. The number of hydrogen-bond donors (Lipinski definition) is 1. The van der Waals surface area contributed by atoms with Crippen molar-refractivity contribution in [2.24, 2.45) is 4.99 Å². The van der Waals surface area contributed by atoms with Crippen LogP contribution < -0.4 is 5.32 Å². The van der Waals surface area contributed by atoms with E-state index in [1.807, 2.05) is 11.8 Å². The highest BCUT2D eigenvalue weighted by Crippen LogP contribution is 2.17. The molecule has 7 nitrogen and oxygen atoms in total. The van der Waals surface area contributed by atoms with E-state index in [0.29, 0.717) is 13.2 Å². The number of thiazole rings is 1. The third-order valence-electron chi connectivity index (χ3n) is 4.78. The highest BCUT2D eigenvalue weighted by Gasteiger charge is 2.30. The molecule has 1 amide bonds. The maximum Gasteiger partial charge on any atom is 0.251 e. The normalized spacial score (nSPS) is 21.7. The number of rotatable bonds is 3. The van der Waals surface area contributed by atoms with Crippen LogP contribution in [0.3, 0.4) is 0 Å². The second-order valence-corrected chi connectivity index (χ2v) is 7.75. The fourth-order valence-corrected chi connectivity index (χ4v) is 4.09. The van der Waals surface area contributed by atoms with Gasteiger partial charge < -0.3 is 19.9 Å². The minimum absolute atomic E-state index is 0.147. The van der Waals surface area contributed by atoms with Gasteiger partial charge in [-0.1, -0.05) is 0 Å². The number of nitrogens with zero attached hydrogens (tertiary/aromatic N) is 4. The van der Waals surface area contributed by atoms with Crippen LogP contribution >= 0.6 is 11.3 Å². The zero-order chi connectivity index (χ0) is 17.8. The number of amides is 1. The van der Waals surface area contributed by atoms with Gasteiger partial charge in [0.15, 0.2) is 5.96 Å². The first-order valence-corrected chi connectivity index (χ1v) is 9.69. The molecule has 2 aliphatic heterocycles. The van der Waals surface area contributed by atoms with E-state index < -0.39 is 0 Å². The lowest BCUT2D eigenvalue weighted by Crippen LogP contribution is -2.55. The quantitative estimate of drug-likeness (QED) is 0.643. The third-order valence-corrected chi connectivity index (χ3v) is 5.85. The van der Waals surface area contributed by atoms with Gasteiger partial charge in [0.1, 0.15) is 11.1 Å². The first kappa shape index (κ1) is 18.1. The van der Waals surface area contributed by atoms with Crippen molar-refractivity contribution in [3.8, 4) is 0 Å². The summed E-state index contributed by atoms with van der Waals surface area (Å²) in [6.45, 7) is 8.53. The number of aryl methyl sites for hydroxylation is 2. The Kier molecular flexibility index (Phi) is 5.90. The summed E-state index contributed by atoms with van der Waals surface area (Å²) in [5, 5.41) is 4.46. The molecule has 2 saturated heterocycles. The van der Waals surface area contributed by atoms with Gasteiger partial charge in [-0.15, -0.1) is 11.3 Å². The number of nitrogens with one attached hydrogen (secondary N) is 1. The Morgan fingerprint density at radius 1 is 1.32 bits per heavy atom. The molecule has 1 unspecified atom stereocenters. The van der Waals surface area contributed by atoms with Crippen molar-refractivity contribution in [1.82, 2.24) is 20.1 Å². The molecule has 8 heteroatoms. The highest BCUT2D eigenvalue weighted by atomic mass is 32.1. The summed E-state index contributed by atoms with van der Waals surface area (Å²) in [5.41, 5.74) is 1.10. The average Bonchev–Trinajstić information content (AvgIpc) is 3.26. The van der Waals surface area contributed by atoms with Gasteiger partial charge >= 0.3 is 0 Å². The van der Waals surface area contributed by atoms with Crippen molar-refractivity contribution in [3.05, 3.63) is 15.6 Å². The molecule has 0 aliphatic carbocycles. The minimum Gasteiger partial charge on any atom is -0.368 e. The summed E-state index contributed by atoms with van der Waals surface area (Å²) in [4.78, 5) is 26.7. The summed E-state index contributed by atoms with van der Waals surface area (Å²) in [6, 6.07) is 0. The maximum absolute atomic E-state index is 12.4. The Labute approximate surface area is 153 Å². The number of aliphatic imine (C=N–C) groups is 1. The molecule has 0 spiro atoms. The van der Waals surface area contributed by atoms with E-state index in [1.54, 1.807) is 18.4 Å². The lowest BCUT2D eigenvalue weighted by atomic mass is 10.2. The molecular weight excluding hydrogens is 338 g/mol. The van der Waals surface area contributed by atoms with Crippen molar-refractivity contribution in [2.75, 3.05) is 39.8 Å². The summed E-state index contributed by atoms with van der Waals surface area (Å²) in [5.74, 6) is 1.02. The fourth-order valence-electron chi connectivity index (χ4n) is 3.22. The minimum atomic E-state index is -0.222. The maximum atomic E-state index is 12.4. The van der Waals surface area contributed by atoms with Crippen LogP contribution in [0, 0.1) is 13.8 Å². The van der Waals surface area contributed by atoms with Crippen molar-refractivity contribution >= 4 is 23.2 Å². The Morgan fingerprint density at radius 2 is 2.04 bits per heavy atom. The van der Waals surface area contributed by atoms with E-state index in [4.69, 9.17) is 4.74 Å². The predicted octanol–water partition coefficient (Wildman–Crippen LogP) is 1.16. The van der Waals surface area contributed by atoms with Gasteiger partial charge in [-0.05, 0) is 26.7 Å². The summed E-state index contributed by atoms with van der Waals surface area (Å²) >= 11 is 1.72. The molecule has 1 aromatic rings. The molecule has 2 fully saturated rings. The number of carbonyl (C=O) groups is 1. The molecule has 0 saturated carbocycles. The zero-order valence-electron chi connectivity index (χ0n) is 15.2. The largest absolute Gasteiger partial charge is 0.368 e. The standard InChI is InChI=1S/C17H27N5O2S/c1-12-13(2)25-15(20-12)11-19-17(18-3)22-8-6-21(7-9-22)16(23)14-5-4-10-24-14/h14H,4-11H2,1-3H3,(H,18,19).